The van der Waals surface area contributed by atoms with Gasteiger partial charge in [-0.25, -0.2) is 9.78 Å². The summed E-state index contributed by atoms with van der Waals surface area (Å²) in [5.41, 5.74) is 0.848. The SMILES string of the molecule is CCOC(=O)c1cc2c(Cl)[nH]nc2cn1. The minimum Gasteiger partial charge on any atom is -0.461 e. The van der Waals surface area contributed by atoms with E-state index in [-0.39, 0.29) is 5.69 Å². The van der Waals surface area contributed by atoms with Crippen molar-refractivity contribution in [2.75, 3.05) is 6.61 Å². The maximum Gasteiger partial charge on any atom is 0.356 e. The molecule has 0 bridgehead atoms. The molecule has 15 heavy (non-hydrogen) atoms. The molecule has 6 heteroatoms. The van der Waals surface area contributed by atoms with Crippen LogP contribution in [0.15, 0.2) is 12.3 Å². The third kappa shape index (κ3) is 1.78. The summed E-state index contributed by atoms with van der Waals surface area (Å²) in [5, 5.41) is 7.54. The Morgan fingerprint density at radius 3 is 3.20 bits per heavy atom. The smallest absolute Gasteiger partial charge is 0.356 e. The summed E-state index contributed by atoms with van der Waals surface area (Å²) < 4.78 is 4.82. The number of aromatic amines is 1. The number of rotatable bonds is 2. The van der Waals surface area contributed by atoms with Gasteiger partial charge in [-0.15, -0.1) is 0 Å². The molecule has 5 nitrogen and oxygen atoms in total. The molecule has 0 aromatic carbocycles. The van der Waals surface area contributed by atoms with Crippen LogP contribution in [0.5, 0.6) is 0 Å². The number of nitrogens with zero attached hydrogens (tertiary/aromatic N) is 2. The average molecular weight is 226 g/mol. The van der Waals surface area contributed by atoms with Crippen molar-refractivity contribution in [2.45, 2.75) is 6.92 Å². The lowest BCUT2D eigenvalue weighted by Crippen LogP contribution is -2.06. The maximum absolute atomic E-state index is 11.4. The minimum absolute atomic E-state index is 0.229. The van der Waals surface area contributed by atoms with Crippen LogP contribution in [0.25, 0.3) is 10.9 Å². The second-order valence-electron chi connectivity index (χ2n) is 2.84. The number of hydrogen-bond donors (Lipinski definition) is 1. The van der Waals surface area contributed by atoms with Crippen LogP contribution in [-0.4, -0.2) is 27.8 Å². The molecule has 0 amide bonds. The van der Waals surface area contributed by atoms with Crippen LogP contribution in [-0.2, 0) is 4.74 Å². The number of carbonyl (C=O) groups is 1. The van der Waals surface area contributed by atoms with Crippen molar-refractivity contribution in [1.29, 1.82) is 0 Å². The van der Waals surface area contributed by atoms with E-state index >= 15 is 0 Å². The molecule has 0 aliphatic carbocycles. The summed E-state index contributed by atoms with van der Waals surface area (Å²) >= 11 is 5.83. The topological polar surface area (TPSA) is 67.9 Å². The Hall–Kier alpha value is -1.62. The van der Waals surface area contributed by atoms with Crippen LogP contribution < -0.4 is 0 Å². The highest BCUT2D eigenvalue weighted by molar-refractivity contribution is 6.34. The first kappa shape index (κ1) is 9.92. The van der Waals surface area contributed by atoms with E-state index in [2.05, 4.69) is 15.2 Å². The van der Waals surface area contributed by atoms with Gasteiger partial charge in [0.15, 0.2) is 0 Å². The number of esters is 1. The predicted octanol–water partition coefficient (Wildman–Crippen LogP) is 1.79. The summed E-state index contributed by atoms with van der Waals surface area (Å²) in [6.45, 7) is 2.05. The molecular weight excluding hydrogens is 218 g/mol. The first-order chi connectivity index (χ1) is 7.22. The van der Waals surface area contributed by atoms with Crippen LogP contribution in [0.1, 0.15) is 17.4 Å². The van der Waals surface area contributed by atoms with Gasteiger partial charge in [-0.05, 0) is 13.0 Å². The van der Waals surface area contributed by atoms with Crippen molar-refractivity contribution in [3.63, 3.8) is 0 Å². The fourth-order valence-electron chi connectivity index (χ4n) is 1.20. The monoisotopic (exact) mass is 225 g/mol. The number of aromatic nitrogens is 3. The molecule has 2 aromatic heterocycles. The molecule has 0 atom stereocenters. The highest BCUT2D eigenvalue weighted by Gasteiger charge is 2.11. The van der Waals surface area contributed by atoms with Gasteiger partial charge in [0, 0.05) is 5.39 Å². The molecule has 0 saturated carbocycles. The van der Waals surface area contributed by atoms with E-state index in [0.717, 1.165) is 0 Å². The van der Waals surface area contributed by atoms with Crippen molar-refractivity contribution in [3.8, 4) is 0 Å². The average Bonchev–Trinajstić information content (AvgIpc) is 2.60. The van der Waals surface area contributed by atoms with Crippen molar-refractivity contribution in [1.82, 2.24) is 15.2 Å². The molecule has 0 fully saturated rings. The molecule has 2 rings (SSSR count). The Bertz CT molecular complexity index is 509. The number of fused-ring (bicyclic) bond motifs is 1. The van der Waals surface area contributed by atoms with Gasteiger partial charge in [0.05, 0.1) is 12.8 Å². The van der Waals surface area contributed by atoms with E-state index in [4.69, 9.17) is 16.3 Å². The van der Waals surface area contributed by atoms with Crippen molar-refractivity contribution >= 4 is 28.5 Å². The second kappa shape index (κ2) is 3.86. The van der Waals surface area contributed by atoms with E-state index < -0.39 is 5.97 Å². The highest BCUT2D eigenvalue weighted by Crippen LogP contribution is 2.20. The van der Waals surface area contributed by atoms with E-state index in [1.54, 1.807) is 13.0 Å². The molecule has 0 spiro atoms. The van der Waals surface area contributed by atoms with Gasteiger partial charge in [0.2, 0.25) is 0 Å². The largest absolute Gasteiger partial charge is 0.461 e. The zero-order chi connectivity index (χ0) is 10.8. The maximum atomic E-state index is 11.4. The number of H-pyrrole nitrogens is 1. The highest BCUT2D eigenvalue weighted by atomic mass is 35.5. The summed E-state index contributed by atoms with van der Waals surface area (Å²) in [6, 6.07) is 1.55. The number of hydrogen-bond acceptors (Lipinski definition) is 4. The van der Waals surface area contributed by atoms with Gasteiger partial charge in [-0.3, -0.25) is 5.10 Å². The minimum atomic E-state index is -0.461. The van der Waals surface area contributed by atoms with Gasteiger partial charge in [0.1, 0.15) is 16.4 Å². The Morgan fingerprint density at radius 2 is 2.47 bits per heavy atom. The third-order valence-corrected chi connectivity index (χ3v) is 2.17. The van der Waals surface area contributed by atoms with E-state index in [9.17, 15) is 4.79 Å². The molecule has 2 aromatic rings. The van der Waals surface area contributed by atoms with E-state index in [1.165, 1.54) is 6.20 Å². The normalized spacial score (nSPS) is 10.5. The predicted molar refractivity (Wildman–Crippen MR) is 54.9 cm³/mol. The zero-order valence-corrected chi connectivity index (χ0v) is 8.71. The van der Waals surface area contributed by atoms with Gasteiger partial charge in [0.25, 0.3) is 0 Å². The molecule has 0 unspecified atom stereocenters. The summed E-state index contributed by atoms with van der Waals surface area (Å²) in [4.78, 5) is 15.3. The molecular formula is C9H8ClN3O2. The van der Waals surface area contributed by atoms with Gasteiger partial charge >= 0.3 is 5.97 Å². The van der Waals surface area contributed by atoms with Crippen LogP contribution in [0.3, 0.4) is 0 Å². The number of halogens is 1. The Morgan fingerprint density at radius 1 is 1.67 bits per heavy atom. The Balaban J connectivity index is 2.45. The molecule has 0 radical (unpaired) electrons. The number of carbonyl (C=O) groups excluding carboxylic acids is 1. The first-order valence-electron chi connectivity index (χ1n) is 4.39. The Kier molecular flexibility index (Phi) is 2.55. The van der Waals surface area contributed by atoms with Gasteiger partial charge in [-0.1, -0.05) is 11.6 Å². The third-order valence-electron chi connectivity index (χ3n) is 1.88. The van der Waals surface area contributed by atoms with Crippen LogP contribution >= 0.6 is 11.6 Å². The van der Waals surface area contributed by atoms with Crippen molar-refractivity contribution in [2.24, 2.45) is 0 Å². The quantitative estimate of drug-likeness (QED) is 0.792. The van der Waals surface area contributed by atoms with Crippen molar-refractivity contribution in [3.05, 3.63) is 23.1 Å². The fraction of sp³-hybridized carbons (Fsp3) is 0.222. The second-order valence-corrected chi connectivity index (χ2v) is 3.22. The van der Waals surface area contributed by atoms with E-state index in [1.807, 2.05) is 0 Å². The lowest BCUT2D eigenvalue weighted by Gasteiger charge is -1.99. The van der Waals surface area contributed by atoms with E-state index in [0.29, 0.717) is 22.7 Å². The van der Waals surface area contributed by atoms with Crippen LogP contribution in [0.2, 0.25) is 5.15 Å². The summed E-state index contributed by atoms with van der Waals surface area (Å²) in [7, 11) is 0. The van der Waals surface area contributed by atoms with Crippen molar-refractivity contribution < 1.29 is 9.53 Å². The Labute approximate surface area is 90.4 Å². The molecule has 0 aliphatic heterocycles. The molecule has 0 saturated heterocycles. The lowest BCUT2D eigenvalue weighted by atomic mass is 10.3. The molecule has 2 heterocycles. The zero-order valence-electron chi connectivity index (χ0n) is 7.95. The first-order valence-corrected chi connectivity index (χ1v) is 4.77. The summed E-state index contributed by atoms with van der Waals surface area (Å²) in [6.07, 6.45) is 1.48. The van der Waals surface area contributed by atoms with Gasteiger partial charge < -0.3 is 4.74 Å². The number of pyridine rings is 1. The summed E-state index contributed by atoms with van der Waals surface area (Å²) in [5.74, 6) is -0.461. The van der Waals surface area contributed by atoms with Gasteiger partial charge in [-0.2, -0.15) is 5.10 Å². The molecule has 0 aliphatic rings. The molecule has 1 N–H and O–H groups in total. The van der Waals surface area contributed by atoms with Crippen LogP contribution in [0.4, 0.5) is 0 Å². The standard InChI is InChI=1S/C9H8ClN3O2/c1-2-15-9(14)6-3-5-7(4-11-6)12-13-8(5)10/h3-4H,2H2,1H3,(H,12,13). The fourth-order valence-corrected chi connectivity index (χ4v) is 1.39. The molecule has 78 valence electrons. The van der Waals surface area contributed by atoms with Crippen LogP contribution in [0, 0.1) is 0 Å². The lowest BCUT2D eigenvalue weighted by molar-refractivity contribution is 0.0520. The number of ether oxygens (including phenoxy) is 1. The number of nitrogens with one attached hydrogen (secondary N) is 1.